The van der Waals surface area contributed by atoms with Crippen molar-refractivity contribution in [2.45, 2.75) is 38.6 Å². The van der Waals surface area contributed by atoms with Gasteiger partial charge in [0.2, 0.25) is 0 Å². The molecule has 0 bridgehead atoms. The monoisotopic (exact) mass is 287 g/mol. The minimum absolute atomic E-state index is 0.182. The Hall–Kier alpha value is -1.26. The molecule has 1 saturated carbocycles. The number of rotatable bonds is 7. The van der Waals surface area contributed by atoms with Gasteiger partial charge in [0.25, 0.3) is 0 Å². The van der Waals surface area contributed by atoms with Crippen LogP contribution in [-0.2, 0) is 6.42 Å². The van der Waals surface area contributed by atoms with Gasteiger partial charge in [-0.2, -0.15) is 0 Å². The SMILES string of the molecule is CCCNC(c1ccccc1)c1nnc(CC2CC2)s1. The van der Waals surface area contributed by atoms with E-state index in [1.54, 1.807) is 11.3 Å². The highest BCUT2D eigenvalue weighted by molar-refractivity contribution is 7.11. The van der Waals surface area contributed by atoms with Crippen LogP contribution < -0.4 is 5.32 Å². The summed E-state index contributed by atoms with van der Waals surface area (Å²) in [6.07, 6.45) is 4.97. The third kappa shape index (κ3) is 3.44. The van der Waals surface area contributed by atoms with Crippen LogP contribution in [0.25, 0.3) is 0 Å². The summed E-state index contributed by atoms with van der Waals surface area (Å²) >= 11 is 1.77. The molecule has 2 aromatic rings. The summed E-state index contributed by atoms with van der Waals surface area (Å²) in [5.41, 5.74) is 1.27. The van der Waals surface area contributed by atoms with Crippen molar-refractivity contribution in [3.63, 3.8) is 0 Å². The van der Waals surface area contributed by atoms with E-state index in [9.17, 15) is 0 Å². The van der Waals surface area contributed by atoms with E-state index in [0.717, 1.165) is 30.3 Å². The lowest BCUT2D eigenvalue weighted by molar-refractivity contribution is 0.591. The molecular formula is C16H21N3S. The van der Waals surface area contributed by atoms with Crippen molar-refractivity contribution in [1.29, 1.82) is 0 Å². The van der Waals surface area contributed by atoms with Gasteiger partial charge in [-0.05, 0) is 37.3 Å². The normalized spacial score (nSPS) is 16.2. The van der Waals surface area contributed by atoms with Gasteiger partial charge in [0.1, 0.15) is 10.0 Å². The van der Waals surface area contributed by atoms with Crippen molar-refractivity contribution in [2.75, 3.05) is 6.54 Å². The molecule has 3 rings (SSSR count). The van der Waals surface area contributed by atoms with E-state index in [1.807, 2.05) is 0 Å². The first kappa shape index (κ1) is 13.7. The Kier molecular flexibility index (Phi) is 4.43. The Morgan fingerprint density at radius 2 is 2.05 bits per heavy atom. The second kappa shape index (κ2) is 6.46. The smallest absolute Gasteiger partial charge is 0.139 e. The summed E-state index contributed by atoms with van der Waals surface area (Å²) in [5, 5.41) is 14.7. The average molecular weight is 287 g/mol. The quantitative estimate of drug-likeness (QED) is 0.846. The molecular weight excluding hydrogens is 266 g/mol. The predicted molar refractivity (Wildman–Crippen MR) is 82.9 cm³/mol. The van der Waals surface area contributed by atoms with Gasteiger partial charge in [-0.1, -0.05) is 48.6 Å². The Bertz CT molecular complexity index is 534. The summed E-state index contributed by atoms with van der Waals surface area (Å²) in [7, 11) is 0. The molecule has 1 heterocycles. The first-order chi connectivity index (χ1) is 9.86. The number of hydrogen-bond acceptors (Lipinski definition) is 4. The van der Waals surface area contributed by atoms with Crippen LogP contribution in [0, 0.1) is 5.92 Å². The Balaban J connectivity index is 1.78. The highest BCUT2D eigenvalue weighted by Gasteiger charge is 2.25. The molecule has 3 nitrogen and oxygen atoms in total. The topological polar surface area (TPSA) is 37.8 Å². The van der Waals surface area contributed by atoms with Gasteiger partial charge in [0, 0.05) is 6.42 Å². The molecule has 4 heteroatoms. The molecule has 1 unspecified atom stereocenters. The minimum Gasteiger partial charge on any atom is -0.304 e. The molecule has 0 saturated heterocycles. The highest BCUT2D eigenvalue weighted by atomic mass is 32.1. The third-order valence-corrected chi connectivity index (χ3v) is 4.63. The first-order valence-corrected chi connectivity index (χ1v) is 8.29. The average Bonchev–Trinajstić information content (AvgIpc) is 3.18. The lowest BCUT2D eigenvalue weighted by Crippen LogP contribution is -2.23. The van der Waals surface area contributed by atoms with Crippen LogP contribution in [-0.4, -0.2) is 16.7 Å². The lowest BCUT2D eigenvalue weighted by atomic mass is 10.1. The van der Waals surface area contributed by atoms with E-state index in [0.29, 0.717) is 0 Å². The number of nitrogens with one attached hydrogen (secondary N) is 1. The number of benzene rings is 1. The molecule has 1 atom stereocenters. The molecule has 20 heavy (non-hydrogen) atoms. The second-order valence-corrected chi connectivity index (χ2v) is 6.57. The molecule has 0 amide bonds. The van der Waals surface area contributed by atoms with Crippen molar-refractivity contribution >= 4 is 11.3 Å². The summed E-state index contributed by atoms with van der Waals surface area (Å²) in [6.45, 7) is 3.19. The molecule has 0 spiro atoms. The van der Waals surface area contributed by atoms with Gasteiger partial charge in [-0.3, -0.25) is 0 Å². The molecule has 0 aliphatic heterocycles. The van der Waals surface area contributed by atoms with Crippen LogP contribution in [0.15, 0.2) is 30.3 Å². The van der Waals surface area contributed by atoms with Gasteiger partial charge < -0.3 is 5.32 Å². The highest BCUT2D eigenvalue weighted by Crippen LogP contribution is 2.34. The second-order valence-electron chi connectivity index (χ2n) is 5.48. The lowest BCUT2D eigenvalue weighted by Gasteiger charge is -2.15. The van der Waals surface area contributed by atoms with E-state index in [2.05, 4.69) is 52.8 Å². The van der Waals surface area contributed by atoms with Gasteiger partial charge in [-0.25, -0.2) is 0 Å². The van der Waals surface area contributed by atoms with E-state index < -0.39 is 0 Å². The molecule has 1 N–H and O–H groups in total. The van der Waals surface area contributed by atoms with Crippen molar-refractivity contribution in [2.24, 2.45) is 5.92 Å². The maximum absolute atomic E-state index is 4.43. The van der Waals surface area contributed by atoms with E-state index >= 15 is 0 Å². The number of hydrogen-bond donors (Lipinski definition) is 1. The van der Waals surface area contributed by atoms with E-state index in [1.165, 1.54) is 23.4 Å². The summed E-state index contributed by atoms with van der Waals surface area (Å²) < 4.78 is 0. The van der Waals surface area contributed by atoms with Crippen molar-refractivity contribution < 1.29 is 0 Å². The van der Waals surface area contributed by atoms with E-state index in [-0.39, 0.29) is 6.04 Å². The van der Waals surface area contributed by atoms with Crippen LogP contribution in [0.1, 0.15) is 47.8 Å². The molecule has 106 valence electrons. The Morgan fingerprint density at radius 1 is 1.25 bits per heavy atom. The van der Waals surface area contributed by atoms with Gasteiger partial charge in [-0.15, -0.1) is 10.2 Å². The zero-order chi connectivity index (χ0) is 13.8. The largest absolute Gasteiger partial charge is 0.304 e. The standard InChI is InChI=1S/C16H21N3S/c1-2-10-17-15(13-6-4-3-5-7-13)16-19-18-14(20-16)11-12-8-9-12/h3-7,12,15,17H,2,8-11H2,1H3. The number of nitrogens with zero attached hydrogens (tertiary/aromatic N) is 2. The first-order valence-electron chi connectivity index (χ1n) is 7.47. The Morgan fingerprint density at radius 3 is 2.75 bits per heavy atom. The summed E-state index contributed by atoms with van der Waals surface area (Å²) in [5.74, 6) is 0.870. The fourth-order valence-electron chi connectivity index (χ4n) is 2.32. The van der Waals surface area contributed by atoms with Crippen molar-refractivity contribution in [3.05, 3.63) is 45.9 Å². The van der Waals surface area contributed by atoms with Gasteiger partial charge in [0.05, 0.1) is 6.04 Å². The van der Waals surface area contributed by atoms with Crippen molar-refractivity contribution in [3.8, 4) is 0 Å². The summed E-state index contributed by atoms with van der Waals surface area (Å²) in [6, 6.07) is 10.7. The summed E-state index contributed by atoms with van der Waals surface area (Å²) in [4.78, 5) is 0. The molecule has 1 aromatic carbocycles. The zero-order valence-electron chi connectivity index (χ0n) is 11.9. The van der Waals surface area contributed by atoms with Crippen LogP contribution in [0.3, 0.4) is 0 Å². The maximum Gasteiger partial charge on any atom is 0.139 e. The van der Waals surface area contributed by atoms with Gasteiger partial charge >= 0.3 is 0 Å². The maximum atomic E-state index is 4.43. The van der Waals surface area contributed by atoms with Gasteiger partial charge in [0.15, 0.2) is 0 Å². The van der Waals surface area contributed by atoms with Crippen LogP contribution >= 0.6 is 11.3 Å². The van der Waals surface area contributed by atoms with Crippen LogP contribution in [0.5, 0.6) is 0 Å². The van der Waals surface area contributed by atoms with E-state index in [4.69, 9.17) is 0 Å². The fourth-order valence-corrected chi connectivity index (χ4v) is 3.38. The molecule has 1 aliphatic rings. The van der Waals surface area contributed by atoms with Crippen LogP contribution in [0.4, 0.5) is 0 Å². The predicted octanol–water partition coefficient (Wildman–Crippen LogP) is 3.58. The Labute approximate surface area is 124 Å². The van der Waals surface area contributed by atoms with Crippen LogP contribution in [0.2, 0.25) is 0 Å². The molecule has 1 fully saturated rings. The third-order valence-electron chi connectivity index (χ3n) is 3.62. The molecule has 1 aromatic heterocycles. The fraction of sp³-hybridized carbons (Fsp3) is 0.500. The molecule has 0 radical (unpaired) electrons. The zero-order valence-corrected chi connectivity index (χ0v) is 12.7. The molecule has 1 aliphatic carbocycles. The number of aromatic nitrogens is 2. The minimum atomic E-state index is 0.182. The van der Waals surface area contributed by atoms with Crippen molar-refractivity contribution in [1.82, 2.24) is 15.5 Å².